The summed E-state index contributed by atoms with van der Waals surface area (Å²) in [6.45, 7) is 4.63. The van der Waals surface area contributed by atoms with Gasteiger partial charge < -0.3 is 20.3 Å². The molecule has 3 amide bonds. The van der Waals surface area contributed by atoms with Crippen LogP contribution in [-0.2, 0) is 14.4 Å². The molecule has 0 aliphatic carbocycles. The molecule has 0 aliphatic heterocycles. The quantitative estimate of drug-likeness (QED) is 0.424. The Morgan fingerprint density at radius 3 is 2.20 bits per heavy atom. The van der Waals surface area contributed by atoms with E-state index in [-0.39, 0.29) is 30.8 Å². The molecule has 30 heavy (non-hydrogen) atoms. The summed E-state index contributed by atoms with van der Waals surface area (Å²) < 4.78 is 5.08. The lowest BCUT2D eigenvalue weighted by Crippen LogP contribution is -2.43. The minimum absolute atomic E-state index is 0.0103. The van der Waals surface area contributed by atoms with Crippen LogP contribution in [0.2, 0.25) is 0 Å². The first-order valence-electron chi connectivity index (χ1n) is 11.0. The van der Waals surface area contributed by atoms with E-state index in [2.05, 4.69) is 24.5 Å². The van der Waals surface area contributed by atoms with Gasteiger partial charge in [0.2, 0.25) is 17.7 Å². The van der Waals surface area contributed by atoms with Crippen LogP contribution in [0, 0.1) is 0 Å². The summed E-state index contributed by atoms with van der Waals surface area (Å²) in [6, 6.07) is 6.94. The SMILES string of the molecule is CCCCCCCC(=O)N(CCCC)CC(=O)NCC(=O)Nc1ccc(OC)cc1. The number of nitrogens with zero attached hydrogens (tertiary/aromatic N) is 1. The minimum atomic E-state index is -0.324. The summed E-state index contributed by atoms with van der Waals surface area (Å²) in [5.74, 6) is 0.0625. The number of hydrogen-bond acceptors (Lipinski definition) is 4. The van der Waals surface area contributed by atoms with Gasteiger partial charge in [-0.25, -0.2) is 0 Å². The molecule has 0 atom stereocenters. The number of hydrogen-bond donors (Lipinski definition) is 2. The number of carbonyl (C=O) groups is 3. The Morgan fingerprint density at radius 2 is 1.57 bits per heavy atom. The Hall–Kier alpha value is -2.57. The molecule has 0 fully saturated rings. The fraction of sp³-hybridized carbons (Fsp3) is 0.609. The maximum Gasteiger partial charge on any atom is 0.243 e. The summed E-state index contributed by atoms with van der Waals surface area (Å²) >= 11 is 0. The molecule has 7 nitrogen and oxygen atoms in total. The van der Waals surface area contributed by atoms with E-state index in [1.807, 2.05) is 0 Å². The monoisotopic (exact) mass is 419 g/mol. The van der Waals surface area contributed by atoms with Gasteiger partial charge in [-0.2, -0.15) is 0 Å². The summed E-state index contributed by atoms with van der Waals surface area (Å²) in [5, 5.41) is 5.32. The highest BCUT2D eigenvalue weighted by Gasteiger charge is 2.17. The van der Waals surface area contributed by atoms with Crippen LogP contribution in [0.1, 0.15) is 65.2 Å². The average Bonchev–Trinajstić information content (AvgIpc) is 2.75. The van der Waals surface area contributed by atoms with E-state index < -0.39 is 0 Å². The molecule has 0 aliphatic rings. The van der Waals surface area contributed by atoms with Crippen molar-refractivity contribution >= 4 is 23.4 Å². The second kappa shape index (κ2) is 15.3. The van der Waals surface area contributed by atoms with Gasteiger partial charge in [0.1, 0.15) is 5.75 Å². The van der Waals surface area contributed by atoms with Crippen LogP contribution in [0.4, 0.5) is 5.69 Å². The Kier molecular flexibility index (Phi) is 13.0. The molecule has 1 aromatic carbocycles. The van der Waals surface area contributed by atoms with E-state index in [4.69, 9.17) is 4.74 Å². The summed E-state index contributed by atoms with van der Waals surface area (Å²) in [4.78, 5) is 38.4. The second-order valence-electron chi connectivity index (χ2n) is 7.39. The molecular weight excluding hydrogens is 382 g/mol. The Morgan fingerprint density at radius 1 is 0.900 bits per heavy atom. The number of anilines is 1. The highest BCUT2D eigenvalue weighted by Crippen LogP contribution is 2.14. The van der Waals surface area contributed by atoms with Crippen LogP contribution in [-0.4, -0.2) is 49.4 Å². The third-order valence-electron chi connectivity index (χ3n) is 4.78. The lowest BCUT2D eigenvalue weighted by molar-refractivity contribution is -0.136. The molecule has 0 saturated carbocycles. The van der Waals surface area contributed by atoms with Crippen LogP contribution in [0.15, 0.2) is 24.3 Å². The van der Waals surface area contributed by atoms with Gasteiger partial charge in [0.05, 0.1) is 20.2 Å². The topological polar surface area (TPSA) is 87.7 Å². The van der Waals surface area contributed by atoms with Gasteiger partial charge in [0.25, 0.3) is 0 Å². The molecule has 0 heterocycles. The maximum absolute atomic E-state index is 12.5. The first kappa shape index (κ1) is 25.5. The molecule has 0 unspecified atom stereocenters. The number of benzene rings is 1. The van der Waals surface area contributed by atoms with Crippen molar-refractivity contribution in [2.24, 2.45) is 0 Å². The van der Waals surface area contributed by atoms with Gasteiger partial charge in [0, 0.05) is 18.7 Å². The molecule has 1 aromatic rings. The van der Waals surface area contributed by atoms with Gasteiger partial charge in [-0.1, -0.05) is 46.0 Å². The lowest BCUT2D eigenvalue weighted by atomic mass is 10.1. The van der Waals surface area contributed by atoms with E-state index >= 15 is 0 Å². The van der Waals surface area contributed by atoms with Crippen LogP contribution in [0.5, 0.6) is 5.75 Å². The lowest BCUT2D eigenvalue weighted by Gasteiger charge is -2.22. The van der Waals surface area contributed by atoms with Crippen LogP contribution < -0.4 is 15.4 Å². The van der Waals surface area contributed by atoms with E-state index in [1.54, 1.807) is 36.3 Å². The third kappa shape index (κ3) is 10.8. The fourth-order valence-corrected chi connectivity index (χ4v) is 2.97. The van der Waals surface area contributed by atoms with Crippen LogP contribution >= 0.6 is 0 Å². The Bertz CT molecular complexity index is 646. The summed E-state index contributed by atoms with van der Waals surface area (Å²) in [7, 11) is 1.57. The van der Waals surface area contributed by atoms with E-state index in [9.17, 15) is 14.4 Å². The Labute approximate surface area is 180 Å². The van der Waals surface area contributed by atoms with Gasteiger partial charge in [-0.05, 0) is 37.1 Å². The second-order valence-corrected chi connectivity index (χ2v) is 7.39. The molecule has 0 spiro atoms. The van der Waals surface area contributed by atoms with Crippen molar-refractivity contribution in [2.75, 3.05) is 32.1 Å². The number of amides is 3. The number of methoxy groups -OCH3 is 1. The van der Waals surface area contributed by atoms with Gasteiger partial charge in [-0.3, -0.25) is 14.4 Å². The molecule has 7 heteroatoms. The third-order valence-corrected chi connectivity index (χ3v) is 4.78. The van der Waals surface area contributed by atoms with Crippen molar-refractivity contribution in [1.82, 2.24) is 10.2 Å². The molecule has 2 N–H and O–H groups in total. The average molecular weight is 420 g/mol. The van der Waals surface area contributed by atoms with Gasteiger partial charge in [-0.15, -0.1) is 0 Å². The van der Waals surface area contributed by atoms with Crippen LogP contribution in [0.3, 0.4) is 0 Å². The van der Waals surface area contributed by atoms with Crippen molar-refractivity contribution in [3.63, 3.8) is 0 Å². The molecule has 168 valence electrons. The van der Waals surface area contributed by atoms with E-state index in [0.29, 0.717) is 24.4 Å². The smallest absolute Gasteiger partial charge is 0.243 e. The number of rotatable bonds is 15. The number of unbranched alkanes of at least 4 members (excludes halogenated alkanes) is 5. The molecule has 1 rings (SSSR count). The molecule has 0 radical (unpaired) electrons. The zero-order valence-electron chi connectivity index (χ0n) is 18.7. The van der Waals surface area contributed by atoms with Crippen molar-refractivity contribution in [2.45, 2.75) is 65.2 Å². The standard InChI is InChI=1S/C23H37N3O4/c1-4-6-8-9-10-11-23(29)26(16-7-5-2)18-22(28)24-17-21(27)25-19-12-14-20(30-3)15-13-19/h12-15H,4-11,16-18H2,1-3H3,(H,24,28)(H,25,27). The van der Waals surface area contributed by atoms with Gasteiger partial charge in [0.15, 0.2) is 0 Å². The zero-order chi connectivity index (χ0) is 22.2. The number of nitrogens with one attached hydrogen (secondary N) is 2. The summed E-state index contributed by atoms with van der Waals surface area (Å²) in [6.07, 6.45) is 7.67. The first-order valence-corrected chi connectivity index (χ1v) is 11.0. The fourth-order valence-electron chi connectivity index (χ4n) is 2.97. The van der Waals surface area contributed by atoms with Crippen molar-refractivity contribution in [1.29, 1.82) is 0 Å². The highest BCUT2D eigenvalue weighted by molar-refractivity contribution is 5.95. The van der Waals surface area contributed by atoms with E-state index in [0.717, 1.165) is 32.1 Å². The zero-order valence-corrected chi connectivity index (χ0v) is 18.7. The predicted octanol–water partition coefficient (Wildman–Crippen LogP) is 3.74. The van der Waals surface area contributed by atoms with Crippen LogP contribution in [0.25, 0.3) is 0 Å². The Balaban J connectivity index is 2.41. The molecule has 0 aromatic heterocycles. The molecule has 0 saturated heterocycles. The minimum Gasteiger partial charge on any atom is -0.497 e. The van der Waals surface area contributed by atoms with Gasteiger partial charge >= 0.3 is 0 Å². The molecular formula is C23H37N3O4. The van der Waals surface area contributed by atoms with Crippen molar-refractivity contribution in [3.05, 3.63) is 24.3 Å². The largest absolute Gasteiger partial charge is 0.497 e. The normalized spacial score (nSPS) is 10.4. The van der Waals surface area contributed by atoms with Crippen molar-refractivity contribution < 1.29 is 19.1 Å². The molecule has 0 bridgehead atoms. The summed E-state index contributed by atoms with van der Waals surface area (Å²) in [5.41, 5.74) is 0.623. The van der Waals surface area contributed by atoms with E-state index in [1.165, 1.54) is 12.8 Å². The predicted molar refractivity (Wildman–Crippen MR) is 119 cm³/mol. The number of carbonyl (C=O) groups excluding carboxylic acids is 3. The first-order chi connectivity index (χ1) is 14.5. The number of ether oxygens (including phenoxy) is 1. The highest BCUT2D eigenvalue weighted by atomic mass is 16.5. The maximum atomic E-state index is 12.5. The van der Waals surface area contributed by atoms with Crippen molar-refractivity contribution in [3.8, 4) is 5.75 Å².